The van der Waals surface area contributed by atoms with Gasteiger partial charge in [-0.05, 0) is 61.8 Å². The summed E-state index contributed by atoms with van der Waals surface area (Å²) in [4.78, 5) is 43.1. The summed E-state index contributed by atoms with van der Waals surface area (Å²) in [5.74, 6) is -0.990. The number of nitrogens with one attached hydrogen (secondary N) is 2. The van der Waals surface area contributed by atoms with Crippen molar-refractivity contribution >= 4 is 23.4 Å². The molecule has 37 heavy (non-hydrogen) atoms. The molecule has 1 spiro atoms. The number of carbonyl (C=O) groups excluding carboxylic acids is 3. The number of nitrogens with zero attached hydrogens (tertiary/aromatic N) is 1. The van der Waals surface area contributed by atoms with Gasteiger partial charge in [0.05, 0.1) is 17.9 Å². The number of anilines is 1. The van der Waals surface area contributed by atoms with Crippen LogP contribution in [-0.2, 0) is 19.1 Å². The molecule has 2 N–H and O–H groups in total. The molecule has 3 heterocycles. The number of rotatable bonds is 7. The maximum atomic E-state index is 13.9. The minimum absolute atomic E-state index is 0.0845. The van der Waals surface area contributed by atoms with Crippen LogP contribution in [0.15, 0.2) is 30.4 Å². The highest BCUT2D eigenvalue weighted by Gasteiger charge is 2.72. The Hall–Kier alpha value is -2.67. The molecule has 1 aliphatic carbocycles. The van der Waals surface area contributed by atoms with E-state index in [2.05, 4.69) is 31.4 Å². The molecule has 4 aliphatic rings. The number of aryl methyl sites for hydroxylation is 2. The van der Waals surface area contributed by atoms with Crippen LogP contribution < -0.4 is 10.6 Å². The van der Waals surface area contributed by atoms with Gasteiger partial charge in [0.15, 0.2) is 0 Å². The van der Waals surface area contributed by atoms with Crippen molar-refractivity contribution in [3.63, 3.8) is 0 Å². The summed E-state index contributed by atoms with van der Waals surface area (Å²) in [5, 5.41) is 6.33. The van der Waals surface area contributed by atoms with E-state index < -0.39 is 29.6 Å². The van der Waals surface area contributed by atoms with Gasteiger partial charge in [-0.3, -0.25) is 14.4 Å². The van der Waals surface area contributed by atoms with E-state index in [0.717, 1.165) is 36.8 Å². The highest BCUT2D eigenvalue weighted by Crippen LogP contribution is 2.55. The third kappa shape index (κ3) is 4.29. The van der Waals surface area contributed by atoms with Crippen LogP contribution in [0.2, 0.25) is 0 Å². The molecule has 1 saturated carbocycles. The summed E-state index contributed by atoms with van der Waals surface area (Å²) in [5.41, 5.74) is 1.84. The smallest absolute Gasteiger partial charge is 0.246 e. The Kier molecular flexibility index (Phi) is 6.94. The molecular weight excluding hydrogens is 466 g/mol. The third-order valence-electron chi connectivity index (χ3n) is 9.49. The summed E-state index contributed by atoms with van der Waals surface area (Å²) >= 11 is 0. The van der Waals surface area contributed by atoms with Gasteiger partial charge in [0.25, 0.3) is 0 Å². The second-order valence-corrected chi connectivity index (χ2v) is 11.8. The molecule has 7 heteroatoms. The number of carbonyl (C=O) groups is 3. The zero-order valence-electron chi connectivity index (χ0n) is 22.8. The van der Waals surface area contributed by atoms with E-state index in [0.29, 0.717) is 24.1 Å². The largest absolute Gasteiger partial charge is 0.359 e. The number of hydrogen-bond donors (Lipinski definition) is 2. The maximum absolute atomic E-state index is 13.9. The first-order chi connectivity index (χ1) is 17.7. The van der Waals surface area contributed by atoms with Gasteiger partial charge in [0.1, 0.15) is 11.6 Å². The van der Waals surface area contributed by atoms with Crippen LogP contribution in [0.3, 0.4) is 0 Å². The number of unbranched alkanes of at least 4 members (excludes halogenated alkanes) is 1. The normalized spacial score (nSPS) is 36.1. The van der Waals surface area contributed by atoms with Gasteiger partial charge in [0.2, 0.25) is 17.7 Å². The quantitative estimate of drug-likeness (QED) is 0.543. The molecule has 200 valence electrons. The van der Waals surface area contributed by atoms with Gasteiger partial charge >= 0.3 is 0 Å². The molecule has 7 nitrogen and oxygen atoms in total. The minimum Gasteiger partial charge on any atom is -0.359 e. The third-order valence-corrected chi connectivity index (χ3v) is 9.49. The van der Waals surface area contributed by atoms with Crippen molar-refractivity contribution in [2.24, 2.45) is 23.7 Å². The predicted molar refractivity (Wildman–Crippen MR) is 143 cm³/mol. The zero-order chi connectivity index (χ0) is 26.5. The Bertz CT molecular complexity index is 1120. The van der Waals surface area contributed by atoms with E-state index in [1.54, 1.807) is 4.90 Å². The molecule has 1 aromatic carbocycles. The van der Waals surface area contributed by atoms with Crippen LogP contribution >= 0.6 is 0 Å². The Morgan fingerprint density at radius 1 is 1.14 bits per heavy atom. The molecule has 8 atom stereocenters. The van der Waals surface area contributed by atoms with Crippen molar-refractivity contribution in [3.8, 4) is 0 Å². The lowest BCUT2D eigenvalue weighted by molar-refractivity contribution is -0.141. The number of ether oxygens (including phenoxy) is 1. The first-order valence-electron chi connectivity index (χ1n) is 14.0. The van der Waals surface area contributed by atoms with Crippen molar-refractivity contribution in [2.45, 2.75) is 90.5 Å². The van der Waals surface area contributed by atoms with E-state index >= 15 is 0 Å². The van der Waals surface area contributed by atoms with Crippen molar-refractivity contribution in [2.75, 3.05) is 11.9 Å². The maximum Gasteiger partial charge on any atom is 0.246 e. The van der Waals surface area contributed by atoms with Gasteiger partial charge < -0.3 is 20.3 Å². The molecule has 3 amide bonds. The van der Waals surface area contributed by atoms with Crippen LogP contribution in [0.1, 0.15) is 64.0 Å². The second kappa shape index (κ2) is 9.90. The molecule has 0 radical (unpaired) electrons. The summed E-state index contributed by atoms with van der Waals surface area (Å²) < 4.78 is 6.45. The fraction of sp³-hybridized carbons (Fsp3) is 0.633. The molecule has 5 rings (SSSR count). The number of benzene rings is 1. The van der Waals surface area contributed by atoms with Crippen molar-refractivity contribution in [1.29, 1.82) is 0 Å². The molecule has 3 fully saturated rings. The lowest BCUT2D eigenvalue weighted by atomic mass is 9.73. The minimum atomic E-state index is -1.10. The summed E-state index contributed by atoms with van der Waals surface area (Å²) in [7, 11) is 0. The van der Waals surface area contributed by atoms with E-state index in [-0.39, 0.29) is 23.8 Å². The Balaban J connectivity index is 1.42. The van der Waals surface area contributed by atoms with Crippen molar-refractivity contribution in [3.05, 3.63) is 41.5 Å². The van der Waals surface area contributed by atoms with Crippen molar-refractivity contribution in [1.82, 2.24) is 10.2 Å². The number of fused-ring (bicyclic) bond motifs is 1. The lowest BCUT2D eigenvalue weighted by Crippen LogP contribution is -2.58. The molecule has 0 aromatic heterocycles. The van der Waals surface area contributed by atoms with Crippen LogP contribution in [0.25, 0.3) is 0 Å². The SMILES string of the molecule is CCCCN1C(=O)[C@H]2C(C(=O)Nc3ccc(C)c(C)c3)[C@H]3C=CC2(O3)C1C(=O)NC1CCCC(C)C1C. The van der Waals surface area contributed by atoms with Gasteiger partial charge in [-0.2, -0.15) is 0 Å². The Morgan fingerprint density at radius 2 is 1.92 bits per heavy atom. The molecule has 3 aliphatic heterocycles. The van der Waals surface area contributed by atoms with Gasteiger partial charge in [-0.15, -0.1) is 0 Å². The van der Waals surface area contributed by atoms with Gasteiger partial charge in [-0.1, -0.05) is 58.3 Å². The van der Waals surface area contributed by atoms with Crippen molar-refractivity contribution < 1.29 is 19.1 Å². The van der Waals surface area contributed by atoms with Gasteiger partial charge in [-0.25, -0.2) is 0 Å². The van der Waals surface area contributed by atoms with Crippen LogP contribution in [0.4, 0.5) is 5.69 Å². The topological polar surface area (TPSA) is 87.7 Å². The van der Waals surface area contributed by atoms with Crippen LogP contribution in [-0.4, -0.2) is 53.0 Å². The van der Waals surface area contributed by atoms with Crippen LogP contribution in [0.5, 0.6) is 0 Å². The Morgan fingerprint density at radius 3 is 2.65 bits per heavy atom. The number of likely N-dealkylation sites (tertiary alicyclic amines) is 1. The fourth-order valence-electron chi connectivity index (χ4n) is 6.93. The van der Waals surface area contributed by atoms with E-state index in [1.165, 1.54) is 6.42 Å². The summed E-state index contributed by atoms with van der Waals surface area (Å²) in [6, 6.07) is 5.12. The van der Waals surface area contributed by atoms with E-state index in [4.69, 9.17) is 4.74 Å². The molecule has 2 bridgehead atoms. The number of amides is 3. The average Bonchev–Trinajstić information content (AvgIpc) is 3.50. The second-order valence-electron chi connectivity index (χ2n) is 11.8. The van der Waals surface area contributed by atoms with Crippen LogP contribution in [0, 0.1) is 37.5 Å². The molecule has 6 unspecified atom stereocenters. The first kappa shape index (κ1) is 26.0. The average molecular weight is 508 g/mol. The Labute approximate surface area is 220 Å². The van der Waals surface area contributed by atoms with E-state index in [1.807, 2.05) is 44.2 Å². The lowest BCUT2D eigenvalue weighted by Gasteiger charge is -2.38. The van der Waals surface area contributed by atoms with E-state index in [9.17, 15) is 14.4 Å². The number of hydrogen-bond acceptors (Lipinski definition) is 4. The summed E-state index contributed by atoms with van der Waals surface area (Å²) in [6.07, 6.45) is 8.17. The highest BCUT2D eigenvalue weighted by atomic mass is 16.5. The molecular formula is C30H41N3O4. The standard InChI is InChI=1S/C30H41N3O4/c1-6-7-15-33-26(28(35)32-22-10-8-9-18(3)20(22)5)30-14-13-23(37-30)24(25(30)29(33)36)27(34)31-21-12-11-17(2)19(4)16-21/h11-14,16,18,20,22-26H,6-10,15H2,1-5H3,(H,31,34)(H,32,35)/t18?,20?,22?,23-,24?,25-,26?,30?/m1/s1. The highest BCUT2D eigenvalue weighted by molar-refractivity contribution is 6.02. The fourth-order valence-corrected chi connectivity index (χ4v) is 6.93. The summed E-state index contributed by atoms with van der Waals surface area (Å²) in [6.45, 7) is 11.0. The molecule has 2 saturated heterocycles. The zero-order valence-corrected chi connectivity index (χ0v) is 22.8. The monoisotopic (exact) mass is 507 g/mol. The first-order valence-corrected chi connectivity index (χ1v) is 14.0. The predicted octanol–water partition coefficient (Wildman–Crippen LogP) is 4.13. The molecule has 1 aromatic rings. The van der Waals surface area contributed by atoms with Gasteiger partial charge in [0, 0.05) is 18.3 Å².